The largest absolute Gasteiger partial charge is 0.455 e. The van der Waals surface area contributed by atoms with Crippen molar-refractivity contribution >= 4 is 43.9 Å². The Morgan fingerprint density at radius 1 is 0.258 bits per heavy atom. The summed E-state index contributed by atoms with van der Waals surface area (Å²) < 4.78 is 12.8. The molecule has 10 aromatic carbocycles. The van der Waals surface area contributed by atoms with Gasteiger partial charge in [-0.25, -0.2) is 0 Å². The summed E-state index contributed by atoms with van der Waals surface area (Å²) in [6.07, 6.45) is 0. The molecule has 2 aromatic heterocycles. The Bertz CT molecular complexity index is 3730. The molecule has 4 heteroatoms. The van der Waals surface area contributed by atoms with Crippen molar-refractivity contribution in [2.75, 3.05) is 0 Å². The van der Waals surface area contributed by atoms with Gasteiger partial charge >= 0.3 is 0 Å². The highest BCUT2D eigenvalue weighted by atomic mass is 16.3. The van der Waals surface area contributed by atoms with E-state index in [4.69, 9.17) is 8.83 Å². The van der Waals surface area contributed by atoms with Gasteiger partial charge in [0.25, 0.3) is 0 Å². The van der Waals surface area contributed by atoms with Crippen LogP contribution in [-0.4, -0.2) is 0 Å². The Labute approximate surface area is 381 Å². The highest BCUT2D eigenvalue weighted by Gasteiger charge is 2.17. The van der Waals surface area contributed by atoms with Crippen LogP contribution in [0.5, 0.6) is 0 Å². The average Bonchev–Trinajstić information content (AvgIpc) is 3.97. The van der Waals surface area contributed by atoms with Gasteiger partial charge in [-0.05, 0) is 146 Å². The van der Waals surface area contributed by atoms with Crippen LogP contribution < -0.4 is 0 Å². The minimum atomic E-state index is 0.577. The Morgan fingerprint density at radius 3 is 1.03 bits per heavy atom. The number of furan rings is 2. The van der Waals surface area contributed by atoms with Crippen molar-refractivity contribution in [3.05, 3.63) is 230 Å². The van der Waals surface area contributed by atoms with Crippen molar-refractivity contribution in [1.82, 2.24) is 0 Å². The first-order chi connectivity index (χ1) is 32.6. The van der Waals surface area contributed by atoms with E-state index in [9.17, 15) is 10.5 Å². The van der Waals surface area contributed by atoms with E-state index >= 15 is 0 Å². The van der Waals surface area contributed by atoms with Crippen molar-refractivity contribution in [3.8, 4) is 90.0 Å². The summed E-state index contributed by atoms with van der Waals surface area (Å²) in [5.74, 6) is 0. The fourth-order valence-electron chi connectivity index (χ4n) is 9.49. The number of benzene rings is 10. The van der Waals surface area contributed by atoms with Gasteiger partial charge < -0.3 is 8.83 Å². The lowest BCUT2D eigenvalue weighted by Crippen LogP contribution is -1.89. The molecule has 0 amide bonds. The summed E-state index contributed by atoms with van der Waals surface area (Å²) in [6.45, 7) is 0. The van der Waals surface area contributed by atoms with Crippen LogP contribution in [-0.2, 0) is 0 Å². The summed E-state index contributed by atoms with van der Waals surface area (Å²) in [4.78, 5) is 0. The van der Waals surface area contributed by atoms with Gasteiger partial charge in [0.05, 0.1) is 23.3 Å². The Balaban J connectivity index is 0.953. The maximum atomic E-state index is 10.3. The van der Waals surface area contributed by atoms with E-state index in [2.05, 4.69) is 164 Å². The first kappa shape index (κ1) is 38.5. The molecule has 306 valence electrons. The second kappa shape index (κ2) is 15.8. The normalized spacial score (nSPS) is 11.3. The van der Waals surface area contributed by atoms with Gasteiger partial charge in [0.1, 0.15) is 22.3 Å². The summed E-state index contributed by atoms with van der Waals surface area (Å²) >= 11 is 0. The lowest BCUT2D eigenvalue weighted by atomic mass is 9.90. The molecule has 0 aliphatic heterocycles. The average molecular weight is 841 g/mol. The van der Waals surface area contributed by atoms with Crippen LogP contribution in [0.25, 0.3) is 122 Å². The number of hydrogen-bond donors (Lipinski definition) is 0. The first-order valence-corrected chi connectivity index (χ1v) is 21.9. The molecule has 0 aliphatic rings. The number of fused-ring (bicyclic) bond motifs is 6. The molecule has 0 radical (unpaired) electrons. The molecule has 0 spiro atoms. The van der Waals surface area contributed by atoms with E-state index in [0.717, 1.165) is 122 Å². The number of hydrogen-bond acceptors (Lipinski definition) is 4. The van der Waals surface area contributed by atoms with Crippen molar-refractivity contribution in [2.45, 2.75) is 0 Å². The Morgan fingerprint density at radius 2 is 0.576 bits per heavy atom. The van der Waals surface area contributed by atoms with Crippen LogP contribution in [0.3, 0.4) is 0 Å². The second-order valence-electron chi connectivity index (χ2n) is 16.7. The van der Waals surface area contributed by atoms with E-state index in [0.29, 0.717) is 11.1 Å². The van der Waals surface area contributed by atoms with Gasteiger partial charge in [0.2, 0.25) is 0 Å². The predicted molar refractivity (Wildman–Crippen MR) is 268 cm³/mol. The van der Waals surface area contributed by atoms with Crippen LogP contribution in [0.2, 0.25) is 0 Å². The van der Waals surface area contributed by atoms with Crippen LogP contribution >= 0.6 is 0 Å². The lowest BCUT2D eigenvalue weighted by Gasteiger charge is -2.14. The maximum Gasteiger partial charge on any atom is 0.143 e. The second-order valence-corrected chi connectivity index (χ2v) is 16.7. The number of nitrogens with zero attached hydrogens (tertiary/aromatic N) is 2. The van der Waals surface area contributed by atoms with E-state index in [-0.39, 0.29) is 0 Å². The molecule has 2 heterocycles. The number of nitriles is 2. The molecule has 0 aliphatic carbocycles. The quantitative estimate of drug-likeness (QED) is 0.160. The monoisotopic (exact) mass is 840 g/mol. The van der Waals surface area contributed by atoms with Crippen LogP contribution in [0, 0.1) is 22.7 Å². The number of para-hydroxylation sites is 4. The standard InChI is InChI=1S/C62H36N2O2/c63-37-39-26-46(35-51(28-39)53-20-10-22-57-55-18-4-6-24-59(55)65-61(53)57)42-14-8-16-44(30-42)49-32-48(41-12-2-1-3-13-41)33-50(34-49)45-17-9-15-43(31-45)47-27-40(38-64)29-52(36-47)54-21-11-23-58-56-19-5-7-25-60(56)66-62(54)58/h1-36H. The molecular weight excluding hydrogens is 805 g/mol. The molecule has 0 unspecified atom stereocenters. The SMILES string of the molecule is N#Cc1cc(-c2cccc(-c3cc(-c4ccccc4)cc(-c4cccc(-c5cc(C#N)cc(-c6cccc7c6oc6ccccc67)c5)c4)c3)c2)cc(-c2cccc3c2oc2ccccc23)c1. The molecule has 0 bridgehead atoms. The topological polar surface area (TPSA) is 73.9 Å². The van der Waals surface area contributed by atoms with Gasteiger partial charge in [0.15, 0.2) is 0 Å². The Kier molecular flexibility index (Phi) is 9.23. The van der Waals surface area contributed by atoms with Crippen molar-refractivity contribution in [1.29, 1.82) is 10.5 Å². The molecule has 0 fully saturated rings. The van der Waals surface area contributed by atoms with Crippen molar-refractivity contribution in [3.63, 3.8) is 0 Å². The maximum absolute atomic E-state index is 10.3. The fourth-order valence-corrected chi connectivity index (χ4v) is 9.49. The fraction of sp³-hybridized carbons (Fsp3) is 0. The van der Waals surface area contributed by atoms with E-state index in [1.54, 1.807) is 0 Å². The van der Waals surface area contributed by atoms with Crippen LogP contribution in [0.4, 0.5) is 0 Å². The summed E-state index contributed by atoms with van der Waals surface area (Å²) in [5.41, 5.74) is 18.5. The van der Waals surface area contributed by atoms with Crippen molar-refractivity contribution < 1.29 is 8.83 Å². The van der Waals surface area contributed by atoms with E-state index in [1.165, 1.54) is 0 Å². The molecule has 66 heavy (non-hydrogen) atoms. The number of rotatable bonds is 7. The zero-order chi connectivity index (χ0) is 44.1. The molecule has 0 saturated carbocycles. The zero-order valence-corrected chi connectivity index (χ0v) is 35.5. The minimum Gasteiger partial charge on any atom is -0.455 e. The van der Waals surface area contributed by atoms with Gasteiger partial charge in [-0.2, -0.15) is 10.5 Å². The third-order valence-electron chi connectivity index (χ3n) is 12.7. The molecule has 4 nitrogen and oxygen atoms in total. The highest BCUT2D eigenvalue weighted by molar-refractivity contribution is 6.11. The van der Waals surface area contributed by atoms with Crippen molar-refractivity contribution in [2.24, 2.45) is 0 Å². The van der Waals surface area contributed by atoms with Gasteiger partial charge in [-0.3, -0.25) is 0 Å². The zero-order valence-electron chi connectivity index (χ0n) is 35.5. The van der Waals surface area contributed by atoms with Crippen LogP contribution in [0.15, 0.2) is 227 Å². The molecule has 0 N–H and O–H groups in total. The highest BCUT2D eigenvalue weighted by Crippen LogP contribution is 2.41. The minimum absolute atomic E-state index is 0.577. The summed E-state index contributed by atoms with van der Waals surface area (Å²) in [6, 6.07) is 79.9. The summed E-state index contributed by atoms with van der Waals surface area (Å²) in [5, 5.41) is 24.8. The molecule has 12 rings (SSSR count). The van der Waals surface area contributed by atoms with Crippen LogP contribution in [0.1, 0.15) is 11.1 Å². The third-order valence-corrected chi connectivity index (χ3v) is 12.7. The van der Waals surface area contributed by atoms with Gasteiger partial charge in [-0.15, -0.1) is 0 Å². The smallest absolute Gasteiger partial charge is 0.143 e. The molecule has 0 saturated heterocycles. The predicted octanol–water partition coefficient (Wildman–Crippen LogP) is 16.9. The van der Waals surface area contributed by atoms with E-state index < -0.39 is 0 Å². The summed E-state index contributed by atoms with van der Waals surface area (Å²) in [7, 11) is 0. The first-order valence-electron chi connectivity index (χ1n) is 21.9. The molecular formula is C62H36N2O2. The Hall–Kier alpha value is -9.22. The molecule has 12 aromatic rings. The third kappa shape index (κ3) is 6.79. The van der Waals surface area contributed by atoms with Gasteiger partial charge in [0, 0.05) is 32.7 Å². The van der Waals surface area contributed by atoms with E-state index in [1.807, 2.05) is 66.7 Å². The molecule has 0 atom stereocenters. The lowest BCUT2D eigenvalue weighted by molar-refractivity contribution is 0.669. The van der Waals surface area contributed by atoms with Gasteiger partial charge in [-0.1, -0.05) is 140 Å².